The normalized spacial score (nSPS) is 11.5. The van der Waals surface area contributed by atoms with Crippen LogP contribution in [0.2, 0.25) is 0 Å². The summed E-state index contributed by atoms with van der Waals surface area (Å²) >= 11 is 1.79. The van der Waals surface area contributed by atoms with Crippen LogP contribution >= 0.6 is 11.8 Å². The summed E-state index contributed by atoms with van der Waals surface area (Å²) in [5.74, 6) is 0. The van der Waals surface area contributed by atoms with Gasteiger partial charge in [-0.05, 0) is 63.0 Å². The van der Waals surface area contributed by atoms with Crippen molar-refractivity contribution in [3.05, 3.63) is 65.7 Å². The molecule has 0 aliphatic heterocycles. The zero-order valence-corrected chi connectivity index (χ0v) is 14.8. The lowest BCUT2D eigenvalue weighted by molar-refractivity contribution is 0.395. The number of hydrogen-bond acceptors (Lipinski definition) is 3. The zero-order chi connectivity index (χ0) is 16.2. The minimum absolute atomic E-state index is 0.938. The summed E-state index contributed by atoms with van der Waals surface area (Å²) in [7, 11) is 4.19. The SMILES string of the molecule is CSc1cccc(CCc2nccn3c(CN(C)C)ccc23)c1. The fraction of sp³-hybridized carbons (Fsp3) is 0.316. The van der Waals surface area contributed by atoms with E-state index in [-0.39, 0.29) is 0 Å². The Kier molecular flexibility index (Phi) is 5.03. The van der Waals surface area contributed by atoms with Crippen LogP contribution in [0.4, 0.5) is 0 Å². The van der Waals surface area contributed by atoms with Gasteiger partial charge in [-0.25, -0.2) is 0 Å². The highest BCUT2D eigenvalue weighted by Crippen LogP contribution is 2.19. The van der Waals surface area contributed by atoms with Crippen molar-refractivity contribution in [3.63, 3.8) is 0 Å². The fourth-order valence-electron chi connectivity index (χ4n) is 2.89. The number of benzene rings is 1. The van der Waals surface area contributed by atoms with Crippen molar-refractivity contribution in [3.8, 4) is 0 Å². The largest absolute Gasteiger partial charge is 0.316 e. The van der Waals surface area contributed by atoms with Gasteiger partial charge in [0.2, 0.25) is 0 Å². The third-order valence-corrected chi connectivity index (χ3v) is 4.73. The highest BCUT2D eigenvalue weighted by molar-refractivity contribution is 7.98. The van der Waals surface area contributed by atoms with E-state index in [1.165, 1.54) is 27.4 Å². The van der Waals surface area contributed by atoms with Gasteiger partial charge in [0.05, 0.1) is 11.2 Å². The lowest BCUT2D eigenvalue weighted by atomic mass is 10.1. The number of aryl methyl sites for hydroxylation is 2. The van der Waals surface area contributed by atoms with Crippen LogP contribution < -0.4 is 0 Å². The van der Waals surface area contributed by atoms with Crippen LogP contribution in [-0.2, 0) is 19.4 Å². The van der Waals surface area contributed by atoms with Crippen molar-refractivity contribution >= 4 is 17.3 Å². The van der Waals surface area contributed by atoms with E-state index in [1.807, 2.05) is 6.20 Å². The summed E-state index contributed by atoms with van der Waals surface area (Å²) in [6.45, 7) is 0.938. The highest BCUT2D eigenvalue weighted by atomic mass is 32.2. The Morgan fingerprint density at radius 2 is 2.00 bits per heavy atom. The molecule has 4 heteroatoms. The highest BCUT2D eigenvalue weighted by Gasteiger charge is 2.08. The fourth-order valence-corrected chi connectivity index (χ4v) is 3.38. The molecule has 0 unspecified atom stereocenters. The predicted octanol–water partition coefficient (Wildman–Crippen LogP) is 3.90. The maximum atomic E-state index is 4.62. The molecule has 0 saturated heterocycles. The molecule has 0 N–H and O–H groups in total. The molecule has 0 atom stereocenters. The first-order valence-electron chi connectivity index (χ1n) is 7.89. The first-order chi connectivity index (χ1) is 11.2. The Bertz CT molecular complexity index is 792. The number of nitrogens with zero attached hydrogens (tertiary/aromatic N) is 3. The monoisotopic (exact) mass is 325 g/mol. The lowest BCUT2D eigenvalue weighted by Gasteiger charge is -2.11. The number of hydrogen-bond donors (Lipinski definition) is 0. The van der Waals surface area contributed by atoms with Gasteiger partial charge in [0.25, 0.3) is 0 Å². The molecule has 0 aliphatic carbocycles. The van der Waals surface area contributed by atoms with Crippen molar-refractivity contribution in [2.45, 2.75) is 24.3 Å². The van der Waals surface area contributed by atoms with Crippen LogP contribution in [0.25, 0.3) is 5.52 Å². The van der Waals surface area contributed by atoms with Gasteiger partial charge in [0, 0.05) is 29.5 Å². The summed E-state index contributed by atoms with van der Waals surface area (Å²) in [6.07, 6.45) is 8.09. The molecule has 2 heterocycles. The number of rotatable bonds is 6. The maximum Gasteiger partial charge on any atom is 0.0669 e. The molecule has 3 nitrogen and oxygen atoms in total. The van der Waals surface area contributed by atoms with E-state index >= 15 is 0 Å². The van der Waals surface area contributed by atoms with Crippen molar-refractivity contribution in [1.82, 2.24) is 14.3 Å². The third-order valence-electron chi connectivity index (χ3n) is 4.01. The molecule has 0 bridgehead atoms. The first kappa shape index (κ1) is 16.1. The molecule has 2 aromatic heterocycles. The van der Waals surface area contributed by atoms with E-state index in [0.29, 0.717) is 0 Å². The molecule has 0 radical (unpaired) electrons. The van der Waals surface area contributed by atoms with Crippen LogP contribution in [0.15, 0.2) is 53.7 Å². The second-order valence-corrected chi connectivity index (χ2v) is 6.92. The standard InChI is InChI=1S/C19H23N3S/c1-21(2)14-16-8-10-19-18(20-11-12-22(16)19)9-7-15-5-4-6-17(13-15)23-3/h4-6,8,10-13H,7,9,14H2,1-3H3. The summed E-state index contributed by atoms with van der Waals surface area (Å²) in [4.78, 5) is 8.13. The molecule has 0 saturated carbocycles. The van der Waals surface area contributed by atoms with Crippen molar-refractivity contribution in [1.29, 1.82) is 0 Å². The van der Waals surface area contributed by atoms with Gasteiger partial charge < -0.3 is 9.30 Å². The number of fused-ring (bicyclic) bond motifs is 1. The summed E-state index contributed by atoms with van der Waals surface area (Å²) in [5, 5.41) is 0. The van der Waals surface area contributed by atoms with E-state index in [0.717, 1.165) is 19.4 Å². The Morgan fingerprint density at radius 1 is 1.13 bits per heavy atom. The van der Waals surface area contributed by atoms with Crippen LogP contribution in [0.1, 0.15) is 17.0 Å². The molecular weight excluding hydrogens is 302 g/mol. The average Bonchev–Trinajstić information content (AvgIpc) is 2.96. The van der Waals surface area contributed by atoms with Gasteiger partial charge in [0.1, 0.15) is 0 Å². The minimum Gasteiger partial charge on any atom is -0.316 e. The molecular formula is C19H23N3S. The van der Waals surface area contributed by atoms with Crippen LogP contribution in [0.5, 0.6) is 0 Å². The zero-order valence-electron chi connectivity index (χ0n) is 14.0. The van der Waals surface area contributed by atoms with E-state index in [4.69, 9.17) is 0 Å². The Hall–Kier alpha value is -1.78. The predicted molar refractivity (Wildman–Crippen MR) is 98.2 cm³/mol. The quantitative estimate of drug-likeness (QED) is 0.641. The van der Waals surface area contributed by atoms with E-state index in [2.05, 4.69) is 77.2 Å². The van der Waals surface area contributed by atoms with Gasteiger partial charge in [-0.1, -0.05) is 12.1 Å². The Labute approximate surface area is 142 Å². The smallest absolute Gasteiger partial charge is 0.0669 e. The third kappa shape index (κ3) is 3.77. The van der Waals surface area contributed by atoms with Crippen molar-refractivity contribution in [2.75, 3.05) is 20.4 Å². The van der Waals surface area contributed by atoms with Gasteiger partial charge in [0.15, 0.2) is 0 Å². The maximum absolute atomic E-state index is 4.62. The Balaban J connectivity index is 1.81. The Morgan fingerprint density at radius 3 is 2.78 bits per heavy atom. The van der Waals surface area contributed by atoms with Crippen molar-refractivity contribution < 1.29 is 0 Å². The van der Waals surface area contributed by atoms with E-state index < -0.39 is 0 Å². The molecule has 3 aromatic rings. The lowest BCUT2D eigenvalue weighted by Crippen LogP contribution is -2.12. The molecule has 0 spiro atoms. The minimum atomic E-state index is 0.938. The second kappa shape index (κ2) is 7.20. The number of thioether (sulfide) groups is 1. The van der Waals surface area contributed by atoms with Crippen LogP contribution in [0, 0.1) is 0 Å². The molecule has 0 fully saturated rings. The summed E-state index contributed by atoms with van der Waals surface area (Å²) in [5.41, 5.74) is 5.08. The number of aromatic nitrogens is 2. The van der Waals surface area contributed by atoms with Crippen LogP contribution in [-0.4, -0.2) is 34.6 Å². The van der Waals surface area contributed by atoms with Gasteiger partial charge in [-0.15, -0.1) is 11.8 Å². The summed E-state index contributed by atoms with van der Waals surface area (Å²) < 4.78 is 2.26. The van der Waals surface area contributed by atoms with Crippen molar-refractivity contribution in [2.24, 2.45) is 0 Å². The van der Waals surface area contributed by atoms with Gasteiger partial charge >= 0.3 is 0 Å². The van der Waals surface area contributed by atoms with Crippen LogP contribution in [0.3, 0.4) is 0 Å². The average molecular weight is 325 g/mol. The van der Waals surface area contributed by atoms with E-state index in [1.54, 1.807) is 11.8 Å². The molecule has 0 aliphatic rings. The molecule has 3 rings (SSSR count). The summed E-state index contributed by atoms with van der Waals surface area (Å²) in [6, 6.07) is 13.2. The van der Waals surface area contributed by atoms with Gasteiger partial charge in [-0.2, -0.15) is 0 Å². The molecule has 1 aromatic carbocycles. The second-order valence-electron chi connectivity index (χ2n) is 6.04. The molecule has 23 heavy (non-hydrogen) atoms. The first-order valence-corrected chi connectivity index (χ1v) is 9.11. The van der Waals surface area contributed by atoms with Gasteiger partial charge in [-0.3, -0.25) is 4.98 Å². The topological polar surface area (TPSA) is 20.5 Å². The molecule has 120 valence electrons. The molecule has 0 amide bonds. The van der Waals surface area contributed by atoms with E-state index in [9.17, 15) is 0 Å².